The van der Waals surface area contributed by atoms with E-state index in [2.05, 4.69) is 21.2 Å². The van der Waals surface area contributed by atoms with Gasteiger partial charge in [-0.1, -0.05) is 0 Å². The molecule has 16 heavy (non-hydrogen) atoms. The Bertz CT molecular complexity index is 376. The van der Waals surface area contributed by atoms with Crippen molar-refractivity contribution >= 4 is 15.9 Å². The number of nitrogens with one attached hydrogen (secondary N) is 1. The first-order valence-corrected chi connectivity index (χ1v) is 6.28. The van der Waals surface area contributed by atoms with Gasteiger partial charge in [0.15, 0.2) is 0 Å². The van der Waals surface area contributed by atoms with Crippen LogP contribution in [0.4, 0.5) is 0 Å². The fraction of sp³-hybridized carbons (Fsp3) is 0.500. The van der Waals surface area contributed by atoms with E-state index in [-0.39, 0.29) is 0 Å². The average molecular weight is 286 g/mol. The zero-order chi connectivity index (χ0) is 11.5. The van der Waals surface area contributed by atoms with E-state index in [0.717, 1.165) is 37.2 Å². The predicted molar refractivity (Wildman–Crippen MR) is 67.2 cm³/mol. The van der Waals surface area contributed by atoms with Crippen molar-refractivity contribution in [2.24, 2.45) is 0 Å². The molecule has 0 saturated carbocycles. The summed E-state index contributed by atoms with van der Waals surface area (Å²) in [5.41, 5.74) is 0.993. The van der Waals surface area contributed by atoms with Gasteiger partial charge in [-0.25, -0.2) is 0 Å². The molecule has 1 fully saturated rings. The second-order valence-corrected chi connectivity index (χ2v) is 4.93. The van der Waals surface area contributed by atoms with E-state index in [1.54, 1.807) is 13.2 Å². The molecule has 0 bridgehead atoms. The maximum atomic E-state index is 10.0. The molecule has 1 heterocycles. The van der Waals surface area contributed by atoms with E-state index in [1.807, 2.05) is 6.07 Å². The van der Waals surface area contributed by atoms with Crippen LogP contribution >= 0.6 is 15.9 Å². The Morgan fingerprint density at radius 1 is 1.38 bits per heavy atom. The summed E-state index contributed by atoms with van der Waals surface area (Å²) >= 11 is 3.36. The van der Waals surface area contributed by atoms with Crippen LogP contribution in [-0.2, 0) is 0 Å². The molecule has 2 rings (SSSR count). The summed E-state index contributed by atoms with van der Waals surface area (Å²) in [5, 5.41) is 13.4. The van der Waals surface area contributed by atoms with E-state index in [1.165, 1.54) is 0 Å². The van der Waals surface area contributed by atoms with E-state index in [0.29, 0.717) is 16.1 Å². The highest BCUT2D eigenvalue weighted by atomic mass is 79.9. The van der Waals surface area contributed by atoms with E-state index in [9.17, 15) is 5.11 Å². The van der Waals surface area contributed by atoms with Crippen molar-refractivity contribution in [3.8, 4) is 11.5 Å². The molecule has 0 amide bonds. The van der Waals surface area contributed by atoms with Crippen molar-refractivity contribution < 1.29 is 9.84 Å². The zero-order valence-corrected chi connectivity index (χ0v) is 10.9. The first kappa shape index (κ1) is 11.7. The lowest BCUT2D eigenvalue weighted by Gasteiger charge is -2.24. The summed E-state index contributed by atoms with van der Waals surface area (Å²) < 4.78 is 5.93. The number of phenolic OH excluding ortho intramolecular Hbond substituents is 1. The first-order chi connectivity index (χ1) is 7.72. The topological polar surface area (TPSA) is 41.5 Å². The van der Waals surface area contributed by atoms with Crippen molar-refractivity contribution in [1.82, 2.24) is 5.32 Å². The number of aromatic hydroxyl groups is 1. The molecule has 0 spiro atoms. The maximum Gasteiger partial charge on any atom is 0.133 e. The molecule has 1 aliphatic rings. The van der Waals surface area contributed by atoms with Gasteiger partial charge in [0.2, 0.25) is 0 Å². The lowest BCUT2D eigenvalue weighted by atomic mass is 9.89. The first-order valence-electron chi connectivity index (χ1n) is 5.49. The van der Waals surface area contributed by atoms with Gasteiger partial charge in [-0.05, 0) is 59.9 Å². The van der Waals surface area contributed by atoms with Gasteiger partial charge in [0.1, 0.15) is 11.5 Å². The minimum atomic E-state index is 0.354. The second-order valence-electron chi connectivity index (χ2n) is 4.07. The monoisotopic (exact) mass is 285 g/mol. The predicted octanol–water partition coefficient (Wildman–Crippen LogP) is 2.63. The van der Waals surface area contributed by atoms with Crippen LogP contribution in [0.25, 0.3) is 0 Å². The Morgan fingerprint density at radius 2 is 2.06 bits per heavy atom. The van der Waals surface area contributed by atoms with Gasteiger partial charge < -0.3 is 15.2 Å². The lowest BCUT2D eigenvalue weighted by Crippen LogP contribution is -2.26. The molecule has 1 saturated heterocycles. The van der Waals surface area contributed by atoms with Gasteiger partial charge >= 0.3 is 0 Å². The summed E-state index contributed by atoms with van der Waals surface area (Å²) in [6.07, 6.45) is 2.13. The number of piperidine rings is 1. The second kappa shape index (κ2) is 5.06. The zero-order valence-electron chi connectivity index (χ0n) is 9.29. The molecule has 3 nitrogen and oxygen atoms in total. The number of methoxy groups -OCH3 is 1. The normalized spacial score (nSPS) is 17.4. The van der Waals surface area contributed by atoms with Crippen LogP contribution < -0.4 is 10.1 Å². The van der Waals surface area contributed by atoms with Crippen LogP contribution in [0.2, 0.25) is 0 Å². The minimum Gasteiger partial charge on any atom is -0.506 e. The van der Waals surface area contributed by atoms with Crippen LogP contribution in [0.3, 0.4) is 0 Å². The SMILES string of the molecule is COc1cc(Br)c(O)c(C2CCNCC2)c1. The summed E-state index contributed by atoms with van der Waals surface area (Å²) in [7, 11) is 1.64. The Hall–Kier alpha value is -0.740. The van der Waals surface area contributed by atoms with E-state index < -0.39 is 0 Å². The third-order valence-corrected chi connectivity index (χ3v) is 3.69. The van der Waals surface area contributed by atoms with Crippen LogP contribution in [0.5, 0.6) is 11.5 Å². The molecular weight excluding hydrogens is 270 g/mol. The smallest absolute Gasteiger partial charge is 0.133 e. The third kappa shape index (κ3) is 2.33. The Morgan fingerprint density at radius 3 is 2.69 bits per heavy atom. The van der Waals surface area contributed by atoms with Crippen molar-refractivity contribution in [1.29, 1.82) is 0 Å². The highest BCUT2D eigenvalue weighted by Crippen LogP contribution is 2.39. The third-order valence-electron chi connectivity index (χ3n) is 3.08. The summed E-state index contributed by atoms with van der Waals surface area (Å²) in [5.74, 6) is 1.57. The van der Waals surface area contributed by atoms with Crippen LogP contribution in [0, 0.1) is 0 Å². The number of rotatable bonds is 2. The average Bonchev–Trinajstić information content (AvgIpc) is 2.33. The molecule has 0 aliphatic carbocycles. The van der Waals surface area contributed by atoms with E-state index >= 15 is 0 Å². The highest BCUT2D eigenvalue weighted by Gasteiger charge is 2.20. The summed E-state index contributed by atoms with van der Waals surface area (Å²) in [4.78, 5) is 0. The van der Waals surface area contributed by atoms with Crippen LogP contribution in [0.15, 0.2) is 16.6 Å². The van der Waals surface area contributed by atoms with Crippen molar-refractivity contribution in [3.63, 3.8) is 0 Å². The minimum absolute atomic E-state index is 0.354. The fourth-order valence-electron chi connectivity index (χ4n) is 2.16. The number of hydrogen-bond donors (Lipinski definition) is 2. The van der Waals surface area contributed by atoms with Gasteiger partial charge in [-0.2, -0.15) is 0 Å². The number of benzene rings is 1. The Labute approximate surface area is 104 Å². The number of halogens is 1. The molecule has 88 valence electrons. The molecule has 2 N–H and O–H groups in total. The van der Waals surface area contributed by atoms with E-state index in [4.69, 9.17) is 4.74 Å². The number of ether oxygens (including phenoxy) is 1. The summed E-state index contributed by atoms with van der Waals surface area (Å²) in [6.45, 7) is 2.03. The molecule has 0 radical (unpaired) electrons. The van der Waals surface area contributed by atoms with Gasteiger partial charge in [-0.3, -0.25) is 0 Å². The highest BCUT2D eigenvalue weighted by molar-refractivity contribution is 9.10. The van der Waals surface area contributed by atoms with Gasteiger partial charge in [0.25, 0.3) is 0 Å². The summed E-state index contributed by atoms with van der Waals surface area (Å²) in [6, 6.07) is 3.73. The van der Waals surface area contributed by atoms with Gasteiger partial charge in [0.05, 0.1) is 11.6 Å². The molecule has 0 unspecified atom stereocenters. The molecule has 1 aliphatic heterocycles. The fourth-order valence-corrected chi connectivity index (χ4v) is 2.61. The van der Waals surface area contributed by atoms with Crippen LogP contribution in [0.1, 0.15) is 24.3 Å². The Kier molecular flexibility index (Phi) is 3.71. The number of phenols is 1. The molecule has 4 heteroatoms. The molecular formula is C12H16BrNO2. The Balaban J connectivity index is 2.33. The molecule has 0 aromatic heterocycles. The van der Waals surface area contributed by atoms with Crippen molar-refractivity contribution in [2.75, 3.05) is 20.2 Å². The lowest BCUT2D eigenvalue weighted by molar-refractivity contribution is 0.399. The van der Waals surface area contributed by atoms with Crippen molar-refractivity contribution in [2.45, 2.75) is 18.8 Å². The maximum absolute atomic E-state index is 10.0. The largest absolute Gasteiger partial charge is 0.506 e. The number of hydrogen-bond acceptors (Lipinski definition) is 3. The van der Waals surface area contributed by atoms with Crippen molar-refractivity contribution in [3.05, 3.63) is 22.2 Å². The molecule has 1 aromatic carbocycles. The van der Waals surface area contributed by atoms with Crippen LogP contribution in [-0.4, -0.2) is 25.3 Å². The molecule has 1 aromatic rings. The van der Waals surface area contributed by atoms with Gasteiger partial charge in [0, 0.05) is 5.56 Å². The van der Waals surface area contributed by atoms with Gasteiger partial charge in [-0.15, -0.1) is 0 Å². The quantitative estimate of drug-likeness (QED) is 0.878. The standard InChI is InChI=1S/C12H16BrNO2/c1-16-9-6-10(12(15)11(13)7-9)8-2-4-14-5-3-8/h6-8,14-15H,2-5H2,1H3. The molecule has 0 atom stereocenters.